The van der Waals surface area contributed by atoms with Crippen LogP contribution in [0.3, 0.4) is 0 Å². The summed E-state index contributed by atoms with van der Waals surface area (Å²) in [5.74, 6) is 1.43. The van der Waals surface area contributed by atoms with E-state index in [0.717, 1.165) is 48.3 Å². The van der Waals surface area contributed by atoms with E-state index in [1.54, 1.807) is 83.1 Å². The molecule has 2 aromatic carbocycles. The van der Waals surface area contributed by atoms with Gasteiger partial charge in [0.25, 0.3) is 0 Å². The number of benzene rings is 2. The van der Waals surface area contributed by atoms with E-state index in [1.165, 1.54) is 0 Å². The molecule has 0 aromatic heterocycles. The number of aliphatic imine (C=N–C) groups is 2. The number of carbonyl (C=O) groups excluding carboxylic acids is 4. The average molecular weight is 841 g/mol. The molecule has 4 N–H and O–H groups in total. The molecule has 334 valence electrons. The predicted molar refractivity (Wildman–Crippen MR) is 232 cm³/mol. The zero-order valence-electron chi connectivity index (χ0n) is 37.7. The van der Waals surface area contributed by atoms with Gasteiger partial charge < -0.3 is 28.4 Å². The highest BCUT2D eigenvalue weighted by Gasteiger charge is 2.23. The molecule has 0 spiro atoms. The second kappa shape index (κ2) is 23.9. The monoisotopic (exact) mass is 840 g/mol. The predicted octanol–water partition coefficient (Wildman–Crippen LogP) is 8.60. The number of unbranched alkanes of at least 4 members (excludes halogenated alkanes) is 3. The molecular weight excluding hydrogens is 773 g/mol. The number of alkyl carbamates (subject to hydrolysis) is 4. The standard InChI is InChI=1S/C44H68N6O10/c1-41(2,3)57-37(51)47-35(48-38(52)58-42(4,5)6)45-27-25-31-17-21-33(22-18-31)55-29-15-13-14-16-30-56-34-23-19-32(20-24-34)26-28-46-36(49-39(53)59-43(7,8)9)50-40(54)60-44(10,11)12/h17-24H,13-16,25-30H2,1-12H3,(H2,45,47,48,51,52)(H2,46,49,50,53,54). The highest BCUT2D eigenvalue weighted by Crippen LogP contribution is 2.16. The van der Waals surface area contributed by atoms with Crippen molar-refractivity contribution in [2.24, 2.45) is 9.98 Å². The van der Waals surface area contributed by atoms with Gasteiger partial charge >= 0.3 is 24.4 Å². The Morgan fingerprint density at radius 1 is 0.433 bits per heavy atom. The van der Waals surface area contributed by atoms with Crippen LogP contribution in [0.2, 0.25) is 0 Å². The zero-order valence-corrected chi connectivity index (χ0v) is 37.7. The maximum absolute atomic E-state index is 12.3. The first-order chi connectivity index (χ1) is 27.8. The van der Waals surface area contributed by atoms with Crippen molar-refractivity contribution in [2.75, 3.05) is 26.3 Å². The summed E-state index contributed by atoms with van der Waals surface area (Å²) in [6.07, 6.45) is 1.99. The number of amides is 4. The number of nitrogens with one attached hydrogen (secondary N) is 4. The van der Waals surface area contributed by atoms with Crippen LogP contribution < -0.4 is 30.7 Å². The number of rotatable bonds is 15. The van der Waals surface area contributed by atoms with E-state index in [4.69, 9.17) is 28.4 Å². The van der Waals surface area contributed by atoms with E-state index in [2.05, 4.69) is 31.3 Å². The minimum atomic E-state index is -0.740. The van der Waals surface area contributed by atoms with Gasteiger partial charge in [0.2, 0.25) is 11.9 Å². The van der Waals surface area contributed by atoms with Gasteiger partial charge in [-0.1, -0.05) is 24.3 Å². The topological polar surface area (TPSA) is 196 Å². The van der Waals surface area contributed by atoms with Gasteiger partial charge in [-0.2, -0.15) is 0 Å². The first kappa shape index (κ1) is 50.6. The van der Waals surface area contributed by atoms with Crippen LogP contribution in [0.25, 0.3) is 0 Å². The van der Waals surface area contributed by atoms with E-state index in [-0.39, 0.29) is 11.9 Å². The molecule has 2 rings (SSSR count). The lowest BCUT2D eigenvalue weighted by molar-refractivity contribution is 0.0521. The third kappa shape index (κ3) is 25.7. The highest BCUT2D eigenvalue weighted by atomic mass is 16.6. The molecule has 0 fully saturated rings. The van der Waals surface area contributed by atoms with E-state index in [9.17, 15) is 19.2 Å². The second-order valence-corrected chi connectivity index (χ2v) is 17.9. The summed E-state index contributed by atoms with van der Waals surface area (Å²) in [6, 6.07) is 15.5. The number of hydrogen-bond acceptors (Lipinski definition) is 12. The average Bonchev–Trinajstić information content (AvgIpc) is 3.07. The Labute approximate surface area is 355 Å². The van der Waals surface area contributed by atoms with Gasteiger partial charge in [-0.3, -0.25) is 31.3 Å². The Hall–Kier alpha value is -5.54. The molecular formula is C44H68N6O10. The van der Waals surface area contributed by atoms with Gasteiger partial charge in [-0.05, 0) is 157 Å². The van der Waals surface area contributed by atoms with Crippen molar-refractivity contribution in [1.82, 2.24) is 21.3 Å². The molecule has 0 saturated heterocycles. The molecule has 2 aromatic rings. The van der Waals surface area contributed by atoms with Crippen LogP contribution in [-0.4, -0.2) is 85.0 Å². The molecule has 16 nitrogen and oxygen atoms in total. The van der Waals surface area contributed by atoms with E-state index >= 15 is 0 Å². The van der Waals surface area contributed by atoms with Crippen LogP contribution in [0.15, 0.2) is 58.5 Å². The Morgan fingerprint density at radius 3 is 0.950 bits per heavy atom. The van der Waals surface area contributed by atoms with Crippen molar-refractivity contribution >= 4 is 36.3 Å². The SMILES string of the molecule is CC(C)(C)OC(=O)NC(=NCCc1ccc(OCCCCCCOc2ccc(CCN=C(NC(=O)OC(C)(C)C)NC(=O)OC(C)(C)C)cc2)cc1)NC(=O)OC(C)(C)C. The summed E-state index contributed by atoms with van der Waals surface area (Å²) in [5, 5.41) is 9.95. The lowest BCUT2D eigenvalue weighted by Gasteiger charge is -2.22. The quantitative estimate of drug-likeness (QED) is 0.0583. The van der Waals surface area contributed by atoms with Crippen LogP contribution in [0.5, 0.6) is 11.5 Å². The Kier molecular flexibility index (Phi) is 20.2. The lowest BCUT2D eigenvalue weighted by Crippen LogP contribution is -2.47. The van der Waals surface area contributed by atoms with Crippen molar-refractivity contribution < 1.29 is 47.6 Å². The maximum Gasteiger partial charge on any atom is 0.414 e. The second-order valence-electron chi connectivity index (χ2n) is 17.9. The summed E-state index contributed by atoms with van der Waals surface area (Å²) in [5.41, 5.74) is -0.858. The number of nitrogens with zero attached hydrogens (tertiary/aromatic N) is 2. The minimum absolute atomic E-state index is 0.0569. The van der Waals surface area contributed by atoms with Gasteiger partial charge in [-0.25, -0.2) is 19.2 Å². The minimum Gasteiger partial charge on any atom is -0.494 e. The van der Waals surface area contributed by atoms with Gasteiger partial charge in [0.15, 0.2) is 0 Å². The molecule has 0 aliphatic rings. The van der Waals surface area contributed by atoms with Crippen molar-refractivity contribution in [1.29, 1.82) is 0 Å². The summed E-state index contributed by atoms with van der Waals surface area (Å²) in [7, 11) is 0. The smallest absolute Gasteiger partial charge is 0.414 e. The van der Waals surface area contributed by atoms with Crippen molar-refractivity contribution in [3.8, 4) is 11.5 Å². The zero-order chi connectivity index (χ0) is 45.0. The number of guanidine groups is 2. The van der Waals surface area contributed by atoms with Crippen LogP contribution in [0.4, 0.5) is 19.2 Å². The molecule has 0 aliphatic carbocycles. The number of ether oxygens (including phenoxy) is 6. The molecule has 0 aliphatic heterocycles. The molecule has 0 atom stereocenters. The number of hydrogen-bond donors (Lipinski definition) is 4. The molecule has 0 saturated carbocycles. The Balaban J connectivity index is 1.72. The van der Waals surface area contributed by atoms with Crippen LogP contribution >= 0.6 is 0 Å². The van der Waals surface area contributed by atoms with Crippen molar-refractivity contribution in [2.45, 2.75) is 144 Å². The summed E-state index contributed by atoms with van der Waals surface area (Å²) in [4.78, 5) is 58.0. The van der Waals surface area contributed by atoms with E-state index < -0.39 is 46.8 Å². The molecule has 16 heteroatoms. The molecule has 60 heavy (non-hydrogen) atoms. The third-order valence-corrected chi connectivity index (χ3v) is 7.24. The Bertz CT molecular complexity index is 1520. The fourth-order valence-electron chi connectivity index (χ4n) is 4.86. The Morgan fingerprint density at radius 2 is 0.700 bits per heavy atom. The highest BCUT2D eigenvalue weighted by molar-refractivity contribution is 6.02. The first-order valence-corrected chi connectivity index (χ1v) is 20.4. The summed E-state index contributed by atoms with van der Waals surface area (Å²) >= 11 is 0. The van der Waals surface area contributed by atoms with Crippen LogP contribution in [0, 0.1) is 0 Å². The molecule has 0 unspecified atom stereocenters. The van der Waals surface area contributed by atoms with Crippen molar-refractivity contribution in [3.63, 3.8) is 0 Å². The van der Waals surface area contributed by atoms with Gasteiger partial charge in [0.05, 0.1) is 13.2 Å². The van der Waals surface area contributed by atoms with E-state index in [1.807, 2.05) is 48.5 Å². The van der Waals surface area contributed by atoms with Gasteiger partial charge in [0.1, 0.15) is 33.9 Å². The van der Waals surface area contributed by atoms with E-state index in [0.29, 0.717) is 39.1 Å². The first-order valence-electron chi connectivity index (χ1n) is 20.4. The van der Waals surface area contributed by atoms with Gasteiger partial charge in [0, 0.05) is 13.1 Å². The van der Waals surface area contributed by atoms with Crippen LogP contribution in [-0.2, 0) is 31.8 Å². The number of carbonyl (C=O) groups is 4. The molecule has 4 amide bonds. The normalized spacial score (nSPS) is 11.6. The molecule has 0 radical (unpaired) electrons. The van der Waals surface area contributed by atoms with Gasteiger partial charge in [-0.15, -0.1) is 0 Å². The summed E-state index contributed by atoms with van der Waals surface area (Å²) in [6.45, 7) is 22.7. The van der Waals surface area contributed by atoms with Crippen LogP contribution in [0.1, 0.15) is 120 Å². The maximum atomic E-state index is 12.3. The lowest BCUT2D eigenvalue weighted by atomic mass is 10.1. The van der Waals surface area contributed by atoms with Crippen molar-refractivity contribution in [3.05, 3.63) is 59.7 Å². The molecule has 0 heterocycles. The fraction of sp³-hybridized carbons (Fsp3) is 0.591. The fourth-order valence-corrected chi connectivity index (χ4v) is 4.86. The molecule has 0 bridgehead atoms. The third-order valence-electron chi connectivity index (χ3n) is 7.24. The summed E-state index contributed by atoms with van der Waals surface area (Å²) < 4.78 is 33.0. The largest absolute Gasteiger partial charge is 0.494 e.